The van der Waals surface area contributed by atoms with E-state index >= 15 is 0 Å². The van der Waals surface area contributed by atoms with E-state index in [9.17, 15) is 8.42 Å². The van der Waals surface area contributed by atoms with E-state index in [1.165, 1.54) is 0 Å². The first-order valence-corrected chi connectivity index (χ1v) is 28.8. The SMILES string of the molecule is CCCCOCC1O[C@@H](O[C@@H]2C(COCCCC)O[C@@H](CS(=O)(=O)c3ccc(B4OC(C)(C)C(C)(C)O4)cc3)[C@@H](OCCCC)C2OCCCC)[C@@H](OCCCC)C(OCCCC)[C@@H]1OCCCC. The molecule has 0 spiro atoms. The van der Waals surface area contributed by atoms with Crippen molar-refractivity contribution in [3.8, 4) is 0 Å². The summed E-state index contributed by atoms with van der Waals surface area (Å²) >= 11 is 0. The molecule has 3 heterocycles. The van der Waals surface area contributed by atoms with Crippen molar-refractivity contribution in [2.24, 2.45) is 0 Å². The zero-order valence-corrected chi connectivity index (χ0v) is 45.6. The standard InChI is InChI=1S/C53H95BO14S/c1-12-19-30-57-37-42-45(59-32-21-14-3)49(62-35-24-17-6)50(63-36-25-18-7)51(65-42)66-47-43(38-58-31-20-13-2)64-44(46(60-33-22-15-4)48(47)61-34-23-16-5)39-69(55,56)41-28-26-40(27-29-41)54-67-52(8,9)53(10,11)68-54/h26-29,42-51H,12-25,30-39H2,1-11H3/t42?,43?,44-,45+,46+,47+,48?,49?,50-,51-/m0/s1. The Labute approximate surface area is 418 Å². The van der Waals surface area contributed by atoms with Crippen LogP contribution in [0.25, 0.3) is 0 Å². The summed E-state index contributed by atoms with van der Waals surface area (Å²) in [5, 5.41) is 0. The second kappa shape index (κ2) is 31.5. The second-order valence-corrected chi connectivity index (χ2v) is 22.1. The van der Waals surface area contributed by atoms with E-state index in [0.717, 1.165) is 95.4 Å². The van der Waals surface area contributed by atoms with Gasteiger partial charge in [-0.3, -0.25) is 0 Å². The molecule has 0 saturated carbocycles. The van der Waals surface area contributed by atoms with Gasteiger partial charge in [-0.1, -0.05) is 106 Å². The quantitative estimate of drug-likeness (QED) is 0.0465. The van der Waals surface area contributed by atoms with Crippen LogP contribution in [0.2, 0.25) is 0 Å². The highest BCUT2D eigenvalue weighted by molar-refractivity contribution is 7.91. The number of hydrogen-bond acceptors (Lipinski definition) is 14. The van der Waals surface area contributed by atoms with Crippen molar-refractivity contribution >= 4 is 22.4 Å². The molecule has 0 aliphatic carbocycles. The van der Waals surface area contributed by atoms with E-state index in [2.05, 4.69) is 48.5 Å². The van der Waals surface area contributed by atoms with E-state index in [-0.39, 0.29) is 23.9 Å². The molecule has 0 bridgehead atoms. The van der Waals surface area contributed by atoms with E-state index in [0.29, 0.717) is 46.2 Å². The summed E-state index contributed by atoms with van der Waals surface area (Å²) in [6, 6.07) is 6.77. The molecule has 16 heteroatoms. The maximum Gasteiger partial charge on any atom is 0.494 e. The van der Waals surface area contributed by atoms with Crippen molar-refractivity contribution in [3.05, 3.63) is 24.3 Å². The molecular weight excluding hydrogens is 903 g/mol. The molecule has 1 aromatic carbocycles. The summed E-state index contributed by atoms with van der Waals surface area (Å²) < 4.78 is 110. The third kappa shape index (κ3) is 18.3. The minimum Gasteiger partial charge on any atom is -0.399 e. The summed E-state index contributed by atoms with van der Waals surface area (Å²) in [4.78, 5) is 0.163. The second-order valence-electron chi connectivity index (χ2n) is 20.1. The molecule has 3 fully saturated rings. The summed E-state index contributed by atoms with van der Waals surface area (Å²) in [5.74, 6) is -0.352. The highest BCUT2D eigenvalue weighted by Gasteiger charge is 2.55. The van der Waals surface area contributed by atoms with E-state index in [1.54, 1.807) is 24.3 Å². The van der Waals surface area contributed by atoms with Crippen molar-refractivity contribution in [1.29, 1.82) is 0 Å². The Morgan fingerprint density at radius 2 is 0.855 bits per heavy atom. The van der Waals surface area contributed by atoms with E-state index in [1.807, 2.05) is 27.7 Å². The molecule has 0 N–H and O–H groups in total. The number of hydrogen-bond donors (Lipinski definition) is 0. The number of ether oxygens (including phenoxy) is 10. The van der Waals surface area contributed by atoms with Gasteiger partial charge in [-0.2, -0.15) is 0 Å². The number of rotatable bonds is 36. The predicted octanol–water partition coefficient (Wildman–Crippen LogP) is 9.20. The van der Waals surface area contributed by atoms with Gasteiger partial charge in [0.05, 0.1) is 35.1 Å². The maximum atomic E-state index is 14.6. The summed E-state index contributed by atoms with van der Waals surface area (Å²) in [6.45, 7) is 26.7. The van der Waals surface area contributed by atoms with Gasteiger partial charge in [0.15, 0.2) is 16.1 Å². The third-order valence-electron chi connectivity index (χ3n) is 13.7. The first kappa shape index (κ1) is 60.3. The van der Waals surface area contributed by atoms with Crippen LogP contribution in [-0.4, -0.2) is 153 Å². The molecule has 0 aromatic heterocycles. The molecule has 0 amide bonds. The van der Waals surface area contributed by atoms with Gasteiger partial charge in [-0.05, 0) is 90.2 Å². The zero-order chi connectivity index (χ0) is 50.3. The van der Waals surface area contributed by atoms with Crippen LogP contribution in [-0.2, 0) is 66.5 Å². The van der Waals surface area contributed by atoms with Gasteiger partial charge < -0.3 is 56.7 Å². The van der Waals surface area contributed by atoms with Crippen LogP contribution in [0.3, 0.4) is 0 Å². The summed E-state index contributed by atoms with van der Waals surface area (Å²) in [5.41, 5.74) is -0.329. The lowest BCUT2D eigenvalue weighted by Gasteiger charge is -2.50. The smallest absolute Gasteiger partial charge is 0.399 e. The largest absolute Gasteiger partial charge is 0.494 e. The van der Waals surface area contributed by atoms with Gasteiger partial charge >= 0.3 is 7.12 Å². The fraction of sp³-hybridized carbons (Fsp3) is 0.887. The lowest BCUT2D eigenvalue weighted by Crippen LogP contribution is -2.67. The molecule has 10 atom stereocenters. The minimum absolute atomic E-state index is 0.135. The Balaban J connectivity index is 1.78. The molecule has 14 nitrogen and oxygen atoms in total. The van der Waals surface area contributed by atoms with Crippen LogP contribution in [0, 0.1) is 0 Å². The molecule has 3 saturated heterocycles. The maximum absolute atomic E-state index is 14.6. The average molecular weight is 999 g/mol. The average Bonchev–Trinajstić information content (AvgIpc) is 3.55. The Bertz CT molecular complexity index is 1600. The monoisotopic (exact) mass is 999 g/mol. The summed E-state index contributed by atoms with van der Waals surface area (Å²) in [7, 11) is -4.57. The minimum atomic E-state index is -3.94. The molecule has 3 aliphatic heterocycles. The van der Waals surface area contributed by atoms with Gasteiger partial charge in [-0.25, -0.2) is 8.42 Å². The molecule has 4 unspecified atom stereocenters. The van der Waals surface area contributed by atoms with Crippen LogP contribution in [0.4, 0.5) is 0 Å². The van der Waals surface area contributed by atoms with Crippen molar-refractivity contribution in [2.45, 2.75) is 243 Å². The highest BCUT2D eigenvalue weighted by Crippen LogP contribution is 2.38. The lowest BCUT2D eigenvalue weighted by molar-refractivity contribution is -0.358. The molecule has 69 heavy (non-hydrogen) atoms. The number of sulfone groups is 1. The van der Waals surface area contributed by atoms with E-state index in [4.69, 9.17) is 56.7 Å². The molecule has 4 rings (SSSR count). The predicted molar refractivity (Wildman–Crippen MR) is 271 cm³/mol. The molecular formula is C53H95BO14S. The van der Waals surface area contributed by atoms with Gasteiger partial charge in [-0.15, -0.1) is 0 Å². The highest BCUT2D eigenvalue weighted by atomic mass is 32.2. The lowest BCUT2D eigenvalue weighted by atomic mass is 9.79. The normalized spacial score (nSPS) is 28.1. The van der Waals surface area contributed by atoms with Crippen LogP contribution >= 0.6 is 0 Å². The van der Waals surface area contributed by atoms with Crippen LogP contribution in [0.5, 0.6) is 0 Å². The van der Waals surface area contributed by atoms with Crippen LogP contribution < -0.4 is 5.46 Å². The van der Waals surface area contributed by atoms with Gasteiger partial charge in [0.2, 0.25) is 0 Å². The molecule has 1 aromatic rings. The first-order chi connectivity index (χ1) is 33.2. The van der Waals surface area contributed by atoms with Crippen LogP contribution in [0.1, 0.15) is 166 Å². The molecule has 400 valence electrons. The van der Waals surface area contributed by atoms with Crippen LogP contribution in [0.15, 0.2) is 29.2 Å². The van der Waals surface area contributed by atoms with Gasteiger partial charge in [0.1, 0.15) is 54.9 Å². The van der Waals surface area contributed by atoms with Gasteiger partial charge in [0, 0.05) is 46.2 Å². The van der Waals surface area contributed by atoms with Gasteiger partial charge in [0.25, 0.3) is 0 Å². The first-order valence-electron chi connectivity index (χ1n) is 27.1. The Kier molecular flexibility index (Phi) is 27.5. The van der Waals surface area contributed by atoms with Crippen molar-refractivity contribution < 1.29 is 65.1 Å². The van der Waals surface area contributed by atoms with E-state index < -0.39 is 89.4 Å². The summed E-state index contributed by atoms with van der Waals surface area (Å²) in [6.07, 6.45) is 5.31. The van der Waals surface area contributed by atoms with Crippen molar-refractivity contribution in [2.75, 3.05) is 65.2 Å². The topological polar surface area (TPSA) is 145 Å². The molecule has 0 radical (unpaired) electrons. The van der Waals surface area contributed by atoms with Crippen molar-refractivity contribution in [1.82, 2.24) is 0 Å². The Morgan fingerprint density at radius 1 is 0.478 bits per heavy atom. The molecule has 3 aliphatic rings. The zero-order valence-electron chi connectivity index (χ0n) is 44.8. The number of unbranched alkanes of at least 4 members (excludes halogenated alkanes) is 7. The number of benzene rings is 1. The third-order valence-corrected chi connectivity index (χ3v) is 15.4. The fourth-order valence-corrected chi connectivity index (χ4v) is 9.94. The van der Waals surface area contributed by atoms with Crippen molar-refractivity contribution in [3.63, 3.8) is 0 Å². The fourth-order valence-electron chi connectivity index (χ4n) is 8.49. The Hall–Kier alpha value is -1.25. The Morgan fingerprint density at radius 3 is 1.30 bits per heavy atom.